The van der Waals surface area contributed by atoms with Gasteiger partial charge in [-0.2, -0.15) is 0 Å². The van der Waals surface area contributed by atoms with E-state index in [9.17, 15) is 9.59 Å². The summed E-state index contributed by atoms with van der Waals surface area (Å²) in [5, 5.41) is 1.01. The highest BCUT2D eigenvalue weighted by Gasteiger charge is 2.36. The Morgan fingerprint density at radius 1 is 1.18 bits per heavy atom. The lowest BCUT2D eigenvalue weighted by Crippen LogP contribution is -2.29. The zero-order chi connectivity index (χ0) is 20.1. The molecular formula is C21H23N3O2S2. The average Bonchev–Trinajstić information content (AvgIpc) is 3.03. The highest BCUT2D eigenvalue weighted by Crippen LogP contribution is 2.42. The molecule has 0 atom stereocenters. The first-order valence-corrected chi connectivity index (χ1v) is 11.3. The van der Waals surface area contributed by atoms with E-state index in [1.54, 1.807) is 11.3 Å². The van der Waals surface area contributed by atoms with Gasteiger partial charge >= 0.3 is 0 Å². The second-order valence-corrected chi connectivity index (χ2v) is 10.4. The van der Waals surface area contributed by atoms with E-state index in [-0.39, 0.29) is 16.8 Å². The number of fused-ring (bicyclic) bond motifs is 2. The highest BCUT2D eigenvalue weighted by molar-refractivity contribution is 7.99. The van der Waals surface area contributed by atoms with Crippen LogP contribution in [0.15, 0.2) is 22.1 Å². The third kappa shape index (κ3) is 3.42. The standard InChI is InChI=1S/C21H23N3O2S2/c1-5-8-27-20-23-18-17(19(26)24-20)16(14-7-6-11(2)28-14)15-12(22-18)9-21(3,4)10-13(15)25/h6-7H,5,8-10H2,1-4H3,(H,22,23,24,26). The molecule has 3 heterocycles. The van der Waals surface area contributed by atoms with Crippen molar-refractivity contribution in [1.29, 1.82) is 0 Å². The number of H-pyrrole nitrogens is 1. The van der Waals surface area contributed by atoms with Crippen LogP contribution in [0.5, 0.6) is 0 Å². The molecule has 4 rings (SSSR count). The zero-order valence-electron chi connectivity index (χ0n) is 16.5. The number of carbonyl (C=O) groups is 1. The number of thiophene rings is 1. The Kier molecular flexibility index (Phi) is 4.91. The van der Waals surface area contributed by atoms with Gasteiger partial charge in [0.1, 0.15) is 0 Å². The Balaban J connectivity index is 2.06. The van der Waals surface area contributed by atoms with Crippen molar-refractivity contribution in [3.05, 3.63) is 38.6 Å². The number of hydrogen-bond donors (Lipinski definition) is 1. The number of hydrogen-bond acceptors (Lipinski definition) is 6. The summed E-state index contributed by atoms with van der Waals surface area (Å²) in [4.78, 5) is 40.4. The molecule has 0 saturated carbocycles. The number of ketones is 1. The van der Waals surface area contributed by atoms with E-state index < -0.39 is 0 Å². The van der Waals surface area contributed by atoms with E-state index in [1.807, 2.05) is 19.1 Å². The normalized spacial score (nSPS) is 15.8. The van der Waals surface area contributed by atoms with Gasteiger partial charge in [0.15, 0.2) is 16.6 Å². The van der Waals surface area contributed by atoms with Crippen LogP contribution in [0.4, 0.5) is 0 Å². The maximum atomic E-state index is 13.1. The molecular weight excluding hydrogens is 390 g/mol. The summed E-state index contributed by atoms with van der Waals surface area (Å²) in [5.74, 6) is 0.938. The third-order valence-electron chi connectivity index (χ3n) is 4.90. The van der Waals surface area contributed by atoms with Gasteiger partial charge in [-0.25, -0.2) is 9.97 Å². The van der Waals surface area contributed by atoms with E-state index in [4.69, 9.17) is 4.98 Å². The Bertz CT molecular complexity index is 1140. The van der Waals surface area contributed by atoms with Crippen LogP contribution in [0.25, 0.3) is 21.5 Å². The van der Waals surface area contributed by atoms with Gasteiger partial charge in [0.05, 0.1) is 11.1 Å². The van der Waals surface area contributed by atoms with E-state index >= 15 is 0 Å². The van der Waals surface area contributed by atoms with Crippen molar-refractivity contribution < 1.29 is 4.79 Å². The maximum Gasteiger partial charge on any atom is 0.261 e. The molecule has 0 radical (unpaired) electrons. The second kappa shape index (κ2) is 7.12. The minimum Gasteiger partial charge on any atom is -0.301 e. The number of pyridine rings is 1. The number of aromatic amines is 1. The summed E-state index contributed by atoms with van der Waals surface area (Å²) >= 11 is 3.11. The fraction of sp³-hybridized carbons (Fsp3) is 0.429. The Hall–Kier alpha value is -1.99. The molecule has 3 aromatic heterocycles. The van der Waals surface area contributed by atoms with E-state index in [0.29, 0.717) is 40.2 Å². The van der Waals surface area contributed by atoms with Gasteiger partial charge in [-0.1, -0.05) is 32.5 Å². The number of carbonyl (C=O) groups excluding carboxylic acids is 1. The predicted octanol–water partition coefficient (Wildman–Crippen LogP) is 5.01. The molecule has 1 aliphatic rings. The lowest BCUT2D eigenvalue weighted by atomic mass is 9.74. The minimum absolute atomic E-state index is 0.0607. The topological polar surface area (TPSA) is 75.7 Å². The molecule has 7 heteroatoms. The number of nitrogens with one attached hydrogen (secondary N) is 1. The summed E-state index contributed by atoms with van der Waals surface area (Å²) in [5.41, 5.74) is 2.15. The van der Waals surface area contributed by atoms with Crippen molar-refractivity contribution in [2.45, 2.75) is 52.1 Å². The first-order valence-electron chi connectivity index (χ1n) is 9.49. The Labute approximate surface area is 172 Å². The van der Waals surface area contributed by atoms with Crippen LogP contribution < -0.4 is 5.56 Å². The van der Waals surface area contributed by atoms with Crippen LogP contribution >= 0.6 is 23.1 Å². The number of thioether (sulfide) groups is 1. The number of Topliss-reactive ketones (excluding diaryl/α,β-unsaturated/α-hetero) is 1. The first kappa shape index (κ1) is 19.3. The molecule has 1 aliphatic carbocycles. The number of nitrogens with zero attached hydrogens (tertiary/aromatic N) is 2. The van der Waals surface area contributed by atoms with Crippen LogP contribution in [0.3, 0.4) is 0 Å². The maximum absolute atomic E-state index is 13.1. The molecule has 0 aromatic carbocycles. The molecule has 0 amide bonds. The summed E-state index contributed by atoms with van der Waals surface area (Å²) in [6, 6.07) is 4.00. The SMILES string of the molecule is CCCSc1nc2nc3c(c(-c4ccc(C)s4)c2c(=O)[nH]1)C(=O)CC(C)(C)C3. The van der Waals surface area contributed by atoms with Crippen molar-refractivity contribution in [3.8, 4) is 10.4 Å². The third-order valence-corrected chi connectivity index (χ3v) is 7.00. The summed E-state index contributed by atoms with van der Waals surface area (Å²) in [7, 11) is 0. The quantitative estimate of drug-likeness (QED) is 0.480. The molecule has 0 fully saturated rings. The lowest BCUT2D eigenvalue weighted by Gasteiger charge is -2.30. The van der Waals surface area contributed by atoms with Crippen molar-refractivity contribution >= 4 is 39.9 Å². The molecule has 1 N–H and O–H groups in total. The average molecular weight is 414 g/mol. The van der Waals surface area contributed by atoms with Crippen molar-refractivity contribution in [1.82, 2.24) is 15.0 Å². The van der Waals surface area contributed by atoms with E-state index in [2.05, 4.69) is 30.7 Å². The van der Waals surface area contributed by atoms with Crippen LogP contribution in [0, 0.1) is 12.3 Å². The molecule has 0 bridgehead atoms. The minimum atomic E-state index is -0.224. The summed E-state index contributed by atoms with van der Waals surface area (Å²) < 4.78 is 0. The molecule has 0 spiro atoms. The van der Waals surface area contributed by atoms with Gasteiger partial charge < -0.3 is 4.98 Å². The molecule has 0 aliphatic heterocycles. The molecule has 0 unspecified atom stereocenters. The molecule has 5 nitrogen and oxygen atoms in total. The summed E-state index contributed by atoms with van der Waals surface area (Å²) in [6.45, 7) is 8.29. The number of aryl methyl sites for hydroxylation is 1. The van der Waals surface area contributed by atoms with Crippen molar-refractivity contribution in [2.75, 3.05) is 5.75 Å². The van der Waals surface area contributed by atoms with E-state index in [0.717, 1.165) is 27.6 Å². The largest absolute Gasteiger partial charge is 0.301 e. The van der Waals surface area contributed by atoms with Gasteiger partial charge in [-0.3, -0.25) is 9.59 Å². The van der Waals surface area contributed by atoms with Gasteiger partial charge in [0.25, 0.3) is 5.56 Å². The van der Waals surface area contributed by atoms with E-state index in [1.165, 1.54) is 11.8 Å². The number of aromatic nitrogens is 3. The summed E-state index contributed by atoms with van der Waals surface area (Å²) in [6.07, 6.45) is 2.15. The molecule has 3 aromatic rings. The highest BCUT2D eigenvalue weighted by atomic mass is 32.2. The fourth-order valence-electron chi connectivity index (χ4n) is 3.75. The lowest BCUT2D eigenvalue weighted by molar-refractivity contribution is 0.0911. The predicted molar refractivity (Wildman–Crippen MR) is 116 cm³/mol. The van der Waals surface area contributed by atoms with Gasteiger partial charge in [0, 0.05) is 33.1 Å². The van der Waals surface area contributed by atoms with Gasteiger partial charge in [0.2, 0.25) is 0 Å². The van der Waals surface area contributed by atoms with Crippen molar-refractivity contribution in [3.63, 3.8) is 0 Å². The van der Waals surface area contributed by atoms with Crippen LogP contribution in [-0.2, 0) is 6.42 Å². The first-order chi connectivity index (χ1) is 13.3. The fourth-order valence-corrected chi connectivity index (χ4v) is 5.39. The molecule has 28 heavy (non-hydrogen) atoms. The van der Waals surface area contributed by atoms with Crippen LogP contribution in [0.2, 0.25) is 0 Å². The van der Waals surface area contributed by atoms with Gasteiger partial charge in [-0.05, 0) is 37.3 Å². The molecule has 0 saturated heterocycles. The Morgan fingerprint density at radius 2 is 1.96 bits per heavy atom. The second-order valence-electron chi connectivity index (χ2n) is 8.08. The Morgan fingerprint density at radius 3 is 2.64 bits per heavy atom. The van der Waals surface area contributed by atoms with Gasteiger partial charge in [-0.15, -0.1) is 11.3 Å². The van der Waals surface area contributed by atoms with Crippen LogP contribution in [0.1, 0.15) is 54.5 Å². The van der Waals surface area contributed by atoms with Crippen LogP contribution in [-0.4, -0.2) is 26.5 Å². The zero-order valence-corrected chi connectivity index (χ0v) is 18.1. The molecule has 146 valence electrons. The monoisotopic (exact) mass is 413 g/mol. The van der Waals surface area contributed by atoms with Crippen molar-refractivity contribution in [2.24, 2.45) is 5.41 Å². The number of rotatable bonds is 4. The smallest absolute Gasteiger partial charge is 0.261 e.